The zero-order valence-corrected chi connectivity index (χ0v) is 7.41. The fourth-order valence-electron chi connectivity index (χ4n) is 0.740. The minimum Gasteiger partial charge on any atom is -0.156 e. The van der Waals surface area contributed by atoms with Crippen molar-refractivity contribution >= 4 is 6.71 Å². The molecule has 0 aliphatic rings. The molecule has 0 atom stereocenters. The van der Waals surface area contributed by atoms with Crippen molar-refractivity contribution in [2.45, 2.75) is 46.3 Å². The molecule has 0 spiro atoms. The molecule has 0 fully saturated rings. The van der Waals surface area contributed by atoms with Crippen LogP contribution in [0.1, 0.15) is 32.6 Å². The summed E-state index contributed by atoms with van der Waals surface area (Å²) in [6.45, 7) is 7.02. The minimum absolute atomic E-state index is 0.543. The van der Waals surface area contributed by atoms with E-state index in [1.54, 1.807) is 0 Å². The van der Waals surface area contributed by atoms with Gasteiger partial charge in [0.1, 0.15) is 0 Å². The number of rotatable bonds is 3. The van der Waals surface area contributed by atoms with E-state index in [0.29, 0.717) is 6.71 Å². The third-order valence-electron chi connectivity index (χ3n) is 1.30. The molecule has 0 nitrogen and oxygen atoms in total. The van der Waals surface area contributed by atoms with Gasteiger partial charge in [0, 0.05) is 6.42 Å². The molecule has 1 heteroatoms. The van der Waals surface area contributed by atoms with E-state index in [4.69, 9.17) is 0 Å². The Morgan fingerprint density at radius 1 is 1.20 bits per heavy atom. The lowest BCUT2D eigenvalue weighted by Crippen LogP contribution is -1.92. The first kappa shape index (κ1) is 9.62. The third-order valence-corrected chi connectivity index (χ3v) is 1.30. The van der Waals surface area contributed by atoms with Crippen molar-refractivity contribution < 1.29 is 0 Å². The summed E-state index contributed by atoms with van der Waals surface area (Å²) in [5.74, 6) is 6.32. The molecule has 0 aliphatic heterocycles. The number of hydrogen-bond donors (Lipinski definition) is 0. The quantitative estimate of drug-likeness (QED) is 0.318. The Kier molecular flexibility index (Phi) is 6.49. The average molecular weight is 136 g/mol. The molecule has 0 amide bonds. The first-order valence-electron chi connectivity index (χ1n) is 4.25. The predicted octanol–water partition coefficient (Wildman–Crippen LogP) is 2.86. The van der Waals surface area contributed by atoms with Gasteiger partial charge in [-0.05, 0) is 6.42 Å². The van der Waals surface area contributed by atoms with Crippen LogP contribution in [-0.4, -0.2) is 6.71 Å². The Bertz CT molecular complexity index is 116. The van der Waals surface area contributed by atoms with Crippen molar-refractivity contribution in [3.63, 3.8) is 0 Å². The van der Waals surface area contributed by atoms with Crippen LogP contribution in [0.15, 0.2) is 0 Å². The topological polar surface area (TPSA) is 0 Å². The lowest BCUT2D eigenvalue weighted by atomic mass is 9.56. The van der Waals surface area contributed by atoms with Crippen LogP contribution in [0, 0.1) is 11.7 Å². The van der Waals surface area contributed by atoms with E-state index >= 15 is 0 Å². The minimum atomic E-state index is 0.543. The SMILES string of the molecule is CCCCCC#CB(C)C. The summed E-state index contributed by atoms with van der Waals surface area (Å²) in [7, 11) is 0. The Labute approximate surface area is 65.5 Å². The second-order valence-electron chi connectivity index (χ2n) is 2.93. The van der Waals surface area contributed by atoms with Crippen LogP contribution >= 0.6 is 0 Å². The van der Waals surface area contributed by atoms with Crippen molar-refractivity contribution in [2.75, 3.05) is 0 Å². The maximum Gasteiger partial charge on any atom is 0.225 e. The molecule has 0 aliphatic carbocycles. The summed E-state index contributed by atoms with van der Waals surface area (Å²) in [4.78, 5) is 0. The molecule has 0 saturated carbocycles. The van der Waals surface area contributed by atoms with Crippen LogP contribution in [0.25, 0.3) is 0 Å². The maximum atomic E-state index is 3.17. The van der Waals surface area contributed by atoms with Gasteiger partial charge in [0.25, 0.3) is 0 Å². The van der Waals surface area contributed by atoms with E-state index in [0.717, 1.165) is 6.42 Å². The summed E-state index contributed by atoms with van der Waals surface area (Å²) in [6, 6.07) is 0. The molecule has 0 rings (SSSR count). The highest BCUT2D eigenvalue weighted by Gasteiger charge is 1.87. The molecule has 56 valence electrons. The maximum absolute atomic E-state index is 3.17. The fraction of sp³-hybridized carbons (Fsp3) is 0.778. The average Bonchev–Trinajstić information content (AvgIpc) is 1.87. The van der Waals surface area contributed by atoms with Crippen LogP contribution in [0.4, 0.5) is 0 Å². The second-order valence-corrected chi connectivity index (χ2v) is 2.93. The normalized spacial score (nSPS) is 8.30. The lowest BCUT2D eigenvalue weighted by molar-refractivity contribution is 0.737. The monoisotopic (exact) mass is 136 g/mol. The molecule has 0 aromatic heterocycles. The predicted molar refractivity (Wildman–Crippen MR) is 49.4 cm³/mol. The molecule has 0 heterocycles. The van der Waals surface area contributed by atoms with Gasteiger partial charge in [0.2, 0.25) is 6.71 Å². The zero-order valence-electron chi connectivity index (χ0n) is 7.41. The van der Waals surface area contributed by atoms with Crippen molar-refractivity contribution in [1.82, 2.24) is 0 Å². The lowest BCUT2D eigenvalue weighted by Gasteiger charge is -1.88. The van der Waals surface area contributed by atoms with Crippen LogP contribution in [0.5, 0.6) is 0 Å². The van der Waals surface area contributed by atoms with Crippen LogP contribution in [0.2, 0.25) is 13.6 Å². The van der Waals surface area contributed by atoms with Gasteiger partial charge >= 0.3 is 0 Å². The summed E-state index contributed by atoms with van der Waals surface area (Å²) in [5.41, 5.74) is 0. The standard InChI is InChI=1S/C9H17B/c1-4-5-6-7-8-9-10(2)3/h4-7H2,1-3H3. The summed E-state index contributed by atoms with van der Waals surface area (Å²) < 4.78 is 0. The highest BCUT2D eigenvalue weighted by molar-refractivity contribution is 6.64. The zero-order chi connectivity index (χ0) is 7.82. The van der Waals surface area contributed by atoms with Crippen LogP contribution < -0.4 is 0 Å². The van der Waals surface area contributed by atoms with E-state index in [-0.39, 0.29) is 0 Å². The molecule has 0 N–H and O–H groups in total. The summed E-state index contributed by atoms with van der Waals surface area (Å²) in [6.07, 6.45) is 4.98. The molecule has 10 heavy (non-hydrogen) atoms. The number of unbranched alkanes of at least 4 members (excludes halogenated alkanes) is 3. The van der Waals surface area contributed by atoms with Crippen molar-refractivity contribution in [1.29, 1.82) is 0 Å². The number of hydrogen-bond acceptors (Lipinski definition) is 0. The second kappa shape index (κ2) is 6.74. The van der Waals surface area contributed by atoms with Gasteiger partial charge in [-0.3, -0.25) is 0 Å². The molecule has 0 saturated heterocycles. The van der Waals surface area contributed by atoms with Gasteiger partial charge in [-0.25, -0.2) is 0 Å². The Morgan fingerprint density at radius 3 is 2.40 bits per heavy atom. The molecule has 0 aromatic carbocycles. The first-order valence-corrected chi connectivity index (χ1v) is 4.25. The highest BCUT2D eigenvalue weighted by atomic mass is 13.8. The fourth-order valence-corrected chi connectivity index (χ4v) is 0.740. The Morgan fingerprint density at radius 2 is 1.90 bits per heavy atom. The molecule has 0 unspecified atom stereocenters. The van der Waals surface area contributed by atoms with E-state index in [1.165, 1.54) is 19.3 Å². The van der Waals surface area contributed by atoms with Gasteiger partial charge in [0.15, 0.2) is 0 Å². The molecule has 0 aromatic rings. The van der Waals surface area contributed by atoms with Crippen molar-refractivity contribution in [2.24, 2.45) is 0 Å². The molecular formula is C9H17B. The highest BCUT2D eigenvalue weighted by Crippen LogP contribution is 1.96. The van der Waals surface area contributed by atoms with Gasteiger partial charge in [-0.2, -0.15) is 5.82 Å². The molecule has 0 bridgehead atoms. The first-order chi connectivity index (χ1) is 4.77. The van der Waals surface area contributed by atoms with E-state index in [9.17, 15) is 0 Å². The smallest absolute Gasteiger partial charge is 0.156 e. The van der Waals surface area contributed by atoms with E-state index in [1.807, 2.05) is 0 Å². The Balaban J connectivity index is 3.12. The summed E-state index contributed by atoms with van der Waals surface area (Å²) >= 11 is 0. The Hall–Kier alpha value is -0.375. The van der Waals surface area contributed by atoms with Gasteiger partial charge in [0.05, 0.1) is 0 Å². The third kappa shape index (κ3) is 7.62. The van der Waals surface area contributed by atoms with Gasteiger partial charge in [-0.1, -0.05) is 33.4 Å². The van der Waals surface area contributed by atoms with E-state index in [2.05, 4.69) is 32.3 Å². The van der Waals surface area contributed by atoms with Crippen LogP contribution in [-0.2, 0) is 0 Å². The van der Waals surface area contributed by atoms with Crippen molar-refractivity contribution in [3.8, 4) is 11.7 Å². The van der Waals surface area contributed by atoms with Crippen LogP contribution in [0.3, 0.4) is 0 Å². The summed E-state index contributed by atoms with van der Waals surface area (Å²) in [5, 5.41) is 0. The van der Waals surface area contributed by atoms with Crippen molar-refractivity contribution in [3.05, 3.63) is 0 Å². The molecule has 0 radical (unpaired) electrons. The van der Waals surface area contributed by atoms with Gasteiger partial charge < -0.3 is 0 Å². The largest absolute Gasteiger partial charge is 0.225 e. The van der Waals surface area contributed by atoms with E-state index < -0.39 is 0 Å². The molecular weight excluding hydrogens is 119 g/mol. The van der Waals surface area contributed by atoms with Gasteiger partial charge in [-0.15, -0.1) is 5.92 Å².